The Morgan fingerprint density at radius 2 is 1.67 bits per heavy atom. The van der Waals surface area contributed by atoms with E-state index in [1.807, 2.05) is 0 Å². The third-order valence-corrected chi connectivity index (χ3v) is 2.57. The van der Waals surface area contributed by atoms with Crippen LogP contribution in [0.4, 0.5) is 0 Å². The largest absolute Gasteiger partial charge is 0.394 e. The predicted octanol–water partition coefficient (Wildman–Crippen LogP) is -1.26. The first-order valence-corrected chi connectivity index (χ1v) is 4.72. The summed E-state index contributed by atoms with van der Waals surface area (Å²) in [6.07, 6.45) is -3.40. The molecule has 1 fully saturated rings. The number of aliphatic hydroxyl groups is 2. The van der Waals surface area contributed by atoms with Crippen molar-refractivity contribution in [3.63, 3.8) is 0 Å². The second-order valence-corrected chi connectivity index (χ2v) is 3.35. The van der Waals surface area contributed by atoms with Crippen LogP contribution in [0.25, 0.3) is 0 Å². The van der Waals surface area contributed by atoms with E-state index in [1.165, 1.54) is 21.3 Å². The van der Waals surface area contributed by atoms with Gasteiger partial charge in [0.2, 0.25) is 0 Å². The van der Waals surface area contributed by atoms with Gasteiger partial charge in [-0.2, -0.15) is 0 Å². The van der Waals surface area contributed by atoms with Crippen LogP contribution in [0.3, 0.4) is 0 Å². The average Bonchev–Trinajstić information content (AvgIpc) is 2.28. The molecule has 6 heteroatoms. The molecule has 0 aliphatic carbocycles. The van der Waals surface area contributed by atoms with E-state index in [0.717, 1.165) is 0 Å². The summed E-state index contributed by atoms with van der Waals surface area (Å²) in [6, 6.07) is 0. The second-order valence-electron chi connectivity index (χ2n) is 3.35. The lowest BCUT2D eigenvalue weighted by Crippen LogP contribution is -2.60. The fourth-order valence-electron chi connectivity index (χ4n) is 1.79. The van der Waals surface area contributed by atoms with Gasteiger partial charge in [0.15, 0.2) is 6.29 Å². The number of rotatable bonds is 4. The van der Waals surface area contributed by atoms with Crippen LogP contribution in [0, 0.1) is 0 Å². The number of hydrogen-bond acceptors (Lipinski definition) is 6. The molecule has 0 spiro atoms. The van der Waals surface area contributed by atoms with E-state index in [0.29, 0.717) is 0 Å². The highest BCUT2D eigenvalue weighted by Crippen LogP contribution is 2.25. The summed E-state index contributed by atoms with van der Waals surface area (Å²) in [7, 11) is 4.36. The van der Waals surface area contributed by atoms with E-state index >= 15 is 0 Å². The fourth-order valence-corrected chi connectivity index (χ4v) is 1.79. The molecule has 2 N–H and O–H groups in total. The van der Waals surface area contributed by atoms with Crippen molar-refractivity contribution in [2.45, 2.75) is 30.7 Å². The maximum Gasteiger partial charge on any atom is 0.186 e. The lowest BCUT2D eigenvalue weighted by molar-refractivity contribution is -0.301. The van der Waals surface area contributed by atoms with Gasteiger partial charge >= 0.3 is 0 Å². The van der Waals surface area contributed by atoms with Crippen LogP contribution in [0.2, 0.25) is 0 Å². The second kappa shape index (κ2) is 5.74. The summed E-state index contributed by atoms with van der Waals surface area (Å²) < 4.78 is 20.5. The molecule has 0 aromatic heterocycles. The van der Waals surface area contributed by atoms with Crippen LogP contribution in [0.15, 0.2) is 0 Å². The van der Waals surface area contributed by atoms with Crippen molar-refractivity contribution >= 4 is 0 Å². The molecular formula is C9H18O6. The molecule has 0 saturated carbocycles. The van der Waals surface area contributed by atoms with Crippen LogP contribution in [0.1, 0.15) is 0 Å². The topological polar surface area (TPSA) is 77.4 Å². The maximum atomic E-state index is 9.81. The zero-order valence-corrected chi connectivity index (χ0v) is 9.12. The molecule has 0 radical (unpaired) electrons. The van der Waals surface area contributed by atoms with Crippen molar-refractivity contribution in [3.8, 4) is 0 Å². The van der Waals surface area contributed by atoms with Gasteiger partial charge < -0.3 is 29.2 Å². The first kappa shape index (κ1) is 12.8. The molecule has 1 aliphatic heterocycles. The smallest absolute Gasteiger partial charge is 0.186 e. The van der Waals surface area contributed by atoms with Crippen LogP contribution in [0.5, 0.6) is 0 Å². The van der Waals surface area contributed by atoms with Crippen molar-refractivity contribution in [2.75, 3.05) is 27.9 Å². The van der Waals surface area contributed by atoms with E-state index in [9.17, 15) is 5.11 Å². The summed E-state index contributed by atoms with van der Waals surface area (Å²) in [5.74, 6) is 0. The fraction of sp³-hybridized carbons (Fsp3) is 1.00. The molecule has 15 heavy (non-hydrogen) atoms. The Kier molecular flexibility index (Phi) is 4.91. The van der Waals surface area contributed by atoms with Gasteiger partial charge in [0.25, 0.3) is 0 Å². The van der Waals surface area contributed by atoms with Gasteiger partial charge in [0.1, 0.15) is 24.4 Å². The highest BCUT2D eigenvalue weighted by Gasteiger charge is 2.45. The van der Waals surface area contributed by atoms with Crippen LogP contribution in [-0.4, -0.2) is 68.9 Å². The highest BCUT2D eigenvalue weighted by atomic mass is 16.7. The Balaban J connectivity index is 2.78. The SMILES string of the molecule is CO[C@@H]1O[C@H](CO)[C@H](OC)[C@H](OC)[C@H]1O. The Labute approximate surface area is 88.7 Å². The lowest BCUT2D eigenvalue weighted by Gasteiger charge is -2.42. The van der Waals surface area contributed by atoms with Gasteiger partial charge in [-0.3, -0.25) is 0 Å². The Bertz CT molecular complexity index is 187. The third-order valence-electron chi connectivity index (χ3n) is 2.57. The van der Waals surface area contributed by atoms with E-state index in [2.05, 4.69) is 0 Å². The summed E-state index contributed by atoms with van der Waals surface area (Å²) in [4.78, 5) is 0. The molecule has 90 valence electrons. The van der Waals surface area contributed by atoms with Crippen LogP contribution >= 0.6 is 0 Å². The molecule has 0 unspecified atom stereocenters. The summed E-state index contributed by atoms with van der Waals surface area (Å²) in [5.41, 5.74) is 0. The van der Waals surface area contributed by atoms with Gasteiger partial charge in [-0.15, -0.1) is 0 Å². The minimum Gasteiger partial charge on any atom is -0.394 e. The molecule has 0 aromatic carbocycles. The zero-order valence-electron chi connectivity index (χ0n) is 9.12. The molecule has 6 nitrogen and oxygen atoms in total. The van der Waals surface area contributed by atoms with E-state index in [-0.39, 0.29) is 6.61 Å². The average molecular weight is 222 g/mol. The first-order valence-electron chi connectivity index (χ1n) is 4.72. The third kappa shape index (κ3) is 2.47. The maximum absolute atomic E-state index is 9.81. The molecule has 1 saturated heterocycles. The summed E-state index contributed by atoms with van der Waals surface area (Å²) in [5, 5.41) is 18.9. The standard InChI is InChI=1S/C9H18O6/c1-12-7-5(4-10)15-9(14-3)6(11)8(7)13-2/h5-11H,4H2,1-3H3/t5-,6-,7+,8-,9-/m1/s1. The summed E-state index contributed by atoms with van der Waals surface area (Å²) in [6.45, 7) is -0.217. The van der Waals surface area contributed by atoms with E-state index in [4.69, 9.17) is 24.1 Å². The molecule has 1 aliphatic rings. The Morgan fingerprint density at radius 1 is 1.07 bits per heavy atom. The number of hydrogen-bond donors (Lipinski definition) is 2. The number of aliphatic hydroxyl groups excluding tert-OH is 2. The molecule has 0 aromatic rings. The zero-order chi connectivity index (χ0) is 11.4. The lowest BCUT2D eigenvalue weighted by atomic mass is 9.99. The van der Waals surface area contributed by atoms with Crippen molar-refractivity contribution in [1.82, 2.24) is 0 Å². The van der Waals surface area contributed by atoms with Crippen molar-refractivity contribution in [1.29, 1.82) is 0 Å². The van der Waals surface area contributed by atoms with Crippen LogP contribution < -0.4 is 0 Å². The summed E-state index contributed by atoms with van der Waals surface area (Å²) >= 11 is 0. The molecule has 1 heterocycles. The number of methoxy groups -OCH3 is 3. The van der Waals surface area contributed by atoms with Gasteiger partial charge in [-0.25, -0.2) is 0 Å². The van der Waals surface area contributed by atoms with Crippen molar-refractivity contribution in [2.24, 2.45) is 0 Å². The van der Waals surface area contributed by atoms with Gasteiger partial charge in [0.05, 0.1) is 6.61 Å². The minimum atomic E-state index is -0.937. The minimum absolute atomic E-state index is 0.217. The molecule has 0 amide bonds. The highest BCUT2D eigenvalue weighted by molar-refractivity contribution is 4.90. The number of ether oxygens (including phenoxy) is 4. The van der Waals surface area contributed by atoms with Crippen LogP contribution in [-0.2, 0) is 18.9 Å². The van der Waals surface area contributed by atoms with E-state index < -0.39 is 30.7 Å². The normalized spacial score (nSPS) is 41.8. The van der Waals surface area contributed by atoms with Gasteiger partial charge in [0, 0.05) is 21.3 Å². The molecule has 1 rings (SSSR count). The first-order chi connectivity index (χ1) is 7.19. The quantitative estimate of drug-likeness (QED) is 0.618. The van der Waals surface area contributed by atoms with E-state index in [1.54, 1.807) is 0 Å². The predicted molar refractivity (Wildman–Crippen MR) is 50.4 cm³/mol. The Morgan fingerprint density at radius 3 is 2.07 bits per heavy atom. The van der Waals surface area contributed by atoms with Crippen molar-refractivity contribution in [3.05, 3.63) is 0 Å². The molecule has 5 atom stereocenters. The molecule has 0 bridgehead atoms. The Hall–Kier alpha value is -0.240. The van der Waals surface area contributed by atoms with Gasteiger partial charge in [-0.1, -0.05) is 0 Å². The monoisotopic (exact) mass is 222 g/mol. The van der Waals surface area contributed by atoms with Crippen molar-refractivity contribution < 1.29 is 29.2 Å². The van der Waals surface area contributed by atoms with Gasteiger partial charge in [-0.05, 0) is 0 Å². The molecular weight excluding hydrogens is 204 g/mol.